The molecule has 0 bridgehead atoms. The predicted octanol–water partition coefficient (Wildman–Crippen LogP) is 3.41. The maximum atomic E-state index is 13.3. The lowest BCUT2D eigenvalue weighted by atomic mass is 10.0. The van der Waals surface area contributed by atoms with Crippen molar-refractivity contribution in [3.8, 4) is 0 Å². The second kappa shape index (κ2) is 4.63. The highest BCUT2D eigenvalue weighted by Crippen LogP contribution is 2.14. The Morgan fingerprint density at radius 2 is 1.94 bits per heavy atom. The molecule has 0 aliphatic rings. The minimum atomic E-state index is -0.391. The quantitative estimate of drug-likeness (QED) is 0.603. The van der Waals surface area contributed by atoms with Crippen LogP contribution in [0.25, 0.3) is 0 Å². The molecule has 1 aromatic heterocycles. The van der Waals surface area contributed by atoms with Crippen LogP contribution in [0.3, 0.4) is 0 Å². The molecule has 0 atom stereocenters. The molecule has 0 aliphatic heterocycles. The Kier molecular flexibility index (Phi) is 3.20. The number of halogens is 2. The predicted molar refractivity (Wildman–Crippen MR) is 63.8 cm³/mol. The zero-order valence-corrected chi connectivity index (χ0v) is 9.83. The van der Waals surface area contributed by atoms with Gasteiger partial charge in [0.25, 0.3) is 0 Å². The van der Waals surface area contributed by atoms with Gasteiger partial charge in [0.1, 0.15) is 11.0 Å². The SMILES string of the molecule is Cc1ccc(C(=O)c2ccc(Cl)nc2)cc1F. The standard InChI is InChI=1S/C13H9ClFNO/c1-8-2-3-9(6-11(8)15)13(17)10-4-5-12(14)16-7-10/h2-7H,1H3. The van der Waals surface area contributed by atoms with Crippen LogP contribution < -0.4 is 0 Å². The van der Waals surface area contributed by atoms with Crippen molar-refractivity contribution in [2.45, 2.75) is 6.92 Å². The molecule has 0 radical (unpaired) electrons. The van der Waals surface area contributed by atoms with Gasteiger partial charge in [-0.3, -0.25) is 4.79 Å². The van der Waals surface area contributed by atoms with E-state index in [-0.39, 0.29) is 5.78 Å². The van der Waals surface area contributed by atoms with Gasteiger partial charge in [0.15, 0.2) is 5.78 Å². The average Bonchev–Trinajstić information content (AvgIpc) is 2.33. The third-order valence-corrected chi connectivity index (χ3v) is 2.65. The van der Waals surface area contributed by atoms with Gasteiger partial charge in [-0.25, -0.2) is 9.37 Å². The number of benzene rings is 1. The van der Waals surface area contributed by atoms with Crippen LogP contribution in [-0.4, -0.2) is 10.8 Å². The van der Waals surface area contributed by atoms with Gasteiger partial charge >= 0.3 is 0 Å². The highest BCUT2D eigenvalue weighted by Gasteiger charge is 2.11. The molecule has 0 aliphatic carbocycles. The van der Waals surface area contributed by atoms with Crippen LogP contribution in [0.15, 0.2) is 36.5 Å². The lowest BCUT2D eigenvalue weighted by Crippen LogP contribution is -2.02. The van der Waals surface area contributed by atoms with Crippen molar-refractivity contribution in [1.82, 2.24) is 4.98 Å². The van der Waals surface area contributed by atoms with E-state index >= 15 is 0 Å². The Hall–Kier alpha value is -1.74. The summed E-state index contributed by atoms with van der Waals surface area (Å²) in [4.78, 5) is 15.8. The van der Waals surface area contributed by atoms with Crippen molar-refractivity contribution in [3.05, 3.63) is 64.2 Å². The molecular weight excluding hydrogens is 241 g/mol. The topological polar surface area (TPSA) is 30.0 Å². The molecule has 0 N–H and O–H groups in total. The first-order valence-corrected chi connectivity index (χ1v) is 5.38. The van der Waals surface area contributed by atoms with Crippen LogP contribution in [0, 0.1) is 12.7 Å². The Labute approximate surface area is 103 Å². The number of hydrogen-bond donors (Lipinski definition) is 0. The first-order chi connectivity index (χ1) is 8.08. The fraction of sp³-hybridized carbons (Fsp3) is 0.0769. The molecule has 86 valence electrons. The summed E-state index contributed by atoms with van der Waals surface area (Å²) < 4.78 is 13.3. The van der Waals surface area contributed by atoms with Crippen molar-refractivity contribution in [3.63, 3.8) is 0 Å². The van der Waals surface area contributed by atoms with Gasteiger partial charge < -0.3 is 0 Å². The number of carbonyl (C=O) groups excluding carboxylic acids is 1. The van der Waals surface area contributed by atoms with Gasteiger partial charge in [0, 0.05) is 17.3 Å². The minimum absolute atomic E-state index is 0.270. The third kappa shape index (κ3) is 2.50. The van der Waals surface area contributed by atoms with Gasteiger partial charge in [-0.1, -0.05) is 23.7 Å². The molecule has 0 amide bonds. The molecule has 2 aromatic rings. The molecule has 1 aromatic carbocycles. The van der Waals surface area contributed by atoms with E-state index in [1.54, 1.807) is 25.1 Å². The number of rotatable bonds is 2. The van der Waals surface area contributed by atoms with E-state index in [0.29, 0.717) is 21.8 Å². The summed E-state index contributed by atoms with van der Waals surface area (Å²) in [6, 6.07) is 7.49. The largest absolute Gasteiger partial charge is 0.289 e. The maximum Gasteiger partial charge on any atom is 0.194 e. The van der Waals surface area contributed by atoms with Crippen molar-refractivity contribution in [1.29, 1.82) is 0 Å². The summed E-state index contributed by atoms with van der Waals surface area (Å²) in [5, 5.41) is 0.316. The van der Waals surface area contributed by atoms with E-state index in [1.165, 1.54) is 18.3 Å². The Bertz CT molecular complexity index is 566. The molecule has 4 heteroatoms. The number of carbonyl (C=O) groups is 1. The van der Waals surface area contributed by atoms with Crippen LogP contribution in [0.5, 0.6) is 0 Å². The van der Waals surface area contributed by atoms with Crippen molar-refractivity contribution in [2.75, 3.05) is 0 Å². The number of pyridine rings is 1. The zero-order valence-electron chi connectivity index (χ0n) is 9.08. The smallest absolute Gasteiger partial charge is 0.194 e. The second-order valence-corrected chi connectivity index (χ2v) is 4.05. The summed E-state index contributed by atoms with van der Waals surface area (Å²) in [6.45, 7) is 1.65. The third-order valence-electron chi connectivity index (χ3n) is 2.42. The number of ketones is 1. The van der Waals surface area contributed by atoms with Crippen LogP contribution >= 0.6 is 11.6 Å². The van der Waals surface area contributed by atoms with E-state index in [9.17, 15) is 9.18 Å². The fourth-order valence-electron chi connectivity index (χ4n) is 1.41. The van der Waals surface area contributed by atoms with Gasteiger partial charge in [-0.2, -0.15) is 0 Å². The lowest BCUT2D eigenvalue weighted by Gasteiger charge is -2.02. The number of aryl methyl sites for hydroxylation is 1. The summed E-state index contributed by atoms with van der Waals surface area (Å²) in [6.07, 6.45) is 1.38. The van der Waals surface area contributed by atoms with Crippen LogP contribution in [-0.2, 0) is 0 Å². The Morgan fingerprint density at radius 3 is 2.53 bits per heavy atom. The van der Waals surface area contributed by atoms with E-state index in [4.69, 9.17) is 11.6 Å². The molecule has 0 unspecified atom stereocenters. The summed E-state index contributed by atoms with van der Waals surface area (Å²) in [5.41, 5.74) is 1.20. The summed E-state index contributed by atoms with van der Waals surface area (Å²) >= 11 is 5.63. The minimum Gasteiger partial charge on any atom is -0.289 e. The molecular formula is C13H9ClFNO. The molecule has 0 saturated carbocycles. The van der Waals surface area contributed by atoms with Crippen LogP contribution in [0.1, 0.15) is 21.5 Å². The van der Waals surface area contributed by atoms with E-state index in [1.807, 2.05) is 0 Å². The molecule has 2 nitrogen and oxygen atoms in total. The van der Waals surface area contributed by atoms with Crippen LogP contribution in [0.2, 0.25) is 5.15 Å². The molecule has 17 heavy (non-hydrogen) atoms. The number of hydrogen-bond acceptors (Lipinski definition) is 2. The second-order valence-electron chi connectivity index (χ2n) is 3.66. The molecule has 0 spiro atoms. The fourth-order valence-corrected chi connectivity index (χ4v) is 1.52. The first kappa shape index (κ1) is 11.7. The Balaban J connectivity index is 2.37. The first-order valence-electron chi connectivity index (χ1n) is 5.00. The average molecular weight is 250 g/mol. The monoisotopic (exact) mass is 249 g/mol. The van der Waals surface area contributed by atoms with Crippen molar-refractivity contribution in [2.24, 2.45) is 0 Å². The highest BCUT2D eigenvalue weighted by molar-refractivity contribution is 6.29. The summed E-state index contributed by atoms with van der Waals surface area (Å²) in [7, 11) is 0. The normalized spacial score (nSPS) is 10.3. The van der Waals surface area contributed by atoms with E-state index in [2.05, 4.69) is 4.98 Å². The number of nitrogens with zero attached hydrogens (tertiary/aromatic N) is 1. The zero-order chi connectivity index (χ0) is 12.4. The molecule has 0 fully saturated rings. The van der Waals surface area contributed by atoms with Gasteiger partial charge in [-0.05, 0) is 30.7 Å². The van der Waals surface area contributed by atoms with Crippen molar-refractivity contribution >= 4 is 17.4 Å². The van der Waals surface area contributed by atoms with E-state index < -0.39 is 5.82 Å². The Morgan fingerprint density at radius 1 is 1.24 bits per heavy atom. The molecule has 1 heterocycles. The van der Waals surface area contributed by atoms with Crippen LogP contribution in [0.4, 0.5) is 4.39 Å². The van der Waals surface area contributed by atoms with Gasteiger partial charge in [-0.15, -0.1) is 0 Å². The maximum absolute atomic E-state index is 13.3. The van der Waals surface area contributed by atoms with Gasteiger partial charge in [0.05, 0.1) is 0 Å². The molecule has 0 saturated heterocycles. The lowest BCUT2D eigenvalue weighted by molar-refractivity contribution is 0.103. The van der Waals surface area contributed by atoms with Gasteiger partial charge in [0.2, 0.25) is 0 Å². The van der Waals surface area contributed by atoms with Crippen molar-refractivity contribution < 1.29 is 9.18 Å². The molecule has 2 rings (SSSR count). The highest BCUT2D eigenvalue weighted by atomic mass is 35.5. The van der Waals surface area contributed by atoms with E-state index in [0.717, 1.165) is 0 Å². The summed E-state index contributed by atoms with van der Waals surface area (Å²) in [5.74, 6) is -0.661. The number of aromatic nitrogens is 1.